The maximum absolute atomic E-state index is 13.7. The van der Waals surface area contributed by atoms with Crippen LogP contribution in [0.25, 0.3) is 33.4 Å². The molecule has 1 aliphatic heterocycles. The summed E-state index contributed by atoms with van der Waals surface area (Å²) in [5.41, 5.74) is 6.07. The Morgan fingerprint density at radius 3 is 2.50 bits per heavy atom. The number of methoxy groups -OCH3 is 2. The summed E-state index contributed by atoms with van der Waals surface area (Å²) in [4.78, 5) is 31.5. The van der Waals surface area contributed by atoms with Crippen LogP contribution in [0.15, 0.2) is 65.3 Å². The highest BCUT2D eigenvalue weighted by molar-refractivity contribution is 9.10. The molecule has 0 spiro atoms. The molecule has 2 aromatic carbocycles. The average Bonchev–Trinajstić information content (AvgIpc) is 3.09. The quantitative estimate of drug-likeness (QED) is 0.149. The standard InChI is InChI=1S/C35H32BrClF2N6O3/c1-19-23(6-5-9-26(19)41-32-30-28(16-22(36)17-40-30)42-33(44-32)31(38)39)24-7-4-8-25(29(24)37)27-11-10-21(34(43-27)47-2)18-45-14-12-20(13-15-45)35(46)48-3/h4-11,16-17,20,31H,12-15,18H2,1-3H3,(H,41,42,44). The number of anilines is 2. The van der Waals surface area contributed by atoms with Crippen molar-refractivity contribution in [2.24, 2.45) is 5.92 Å². The van der Waals surface area contributed by atoms with Gasteiger partial charge in [0.15, 0.2) is 11.6 Å². The van der Waals surface area contributed by atoms with Crippen LogP contribution in [0.5, 0.6) is 5.88 Å². The van der Waals surface area contributed by atoms with Gasteiger partial charge in [0, 0.05) is 39.6 Å². The lowest BCUT2D eigenvalue weighted by atomic mass is 9.96. The summed E-state index contributed by atoms with van der Waals surface area (Å²) in [6, 6.07) is 17.0. The predicted molar refractivity (Wildman–Crippen MR) is 185 cm³/mol. The zero-order valence-electron chi connectivity index (χ0n) is 26.4. The molecule has 4 heterocycles. The average molecular weight is 738 g/mol. The number of halogens is 4. The van der Waals surface area contributed by atoms with E-state index in [1.807, 2.05) is 55.5 Å². The Morgan fingerprint density at radius 2 is 1.77 bits per heavy atom. The fourth-order valence-electron chi connectivity index (χ4n) is 5.98. The number of pyridine rings is 2. The number of nitrogens with zero attached hydrogens (tertiary/aromatic N) is 5. The third kappa shape index (κ3) is 6.96. The maximum atomic E-state index is 13.7. The molecule has 248 valence electrons. The normalized spacial score (nSPS) is 14.0. The number of ether oxygens (including phenoxy) is 2. The first-order valence-corrected chi connectivity index (χ1v) is 16.4. The van der Waals surface area contributed by atoms with Crippen molar-refractivity contribution in [3.05, 3.63) is 87.2 Å². The lowest BCUT2D eigenvalue weighted by molar-refractivity contribution is -0.147. The molecule has 1 N–H and O–H groups in total. The van der Waals surface area contributed by atoms with Crippen molar-refractivity contribution >= 4 is 56.0 Å². The Morgan fingerprint density at radius 1 is 1.04 bits per heavy atom. The van der Waals surface area contributed by atoms with E-state index in [4.69, 9.17) is 26.1 Å². The van der Waals surface area contributed by atoms with Gasteiger partial charge < -0.3 is 14.8 Å². The van der Waals surface area contributed by atoms with E-state index in [-0.39, 0.29) is 17.7 Å². The zero-order valence-corrected chi connectivity index (χ0v) is 28.8. The van der Waals surface area contributed by atoms with Crippen LogP contribution >= 0.6 is 27.5 Å². The van der Waals surface area contributed by atoms with E-state index in [2.05, 4.69) is 41.1 Å². The van der Waals surface area contributed by atoms with Crippen LogP contribution in [0.3, 0.4) is 0 Å². The SMILES string of the molecule is COC(=O)C1CCN(Cc2ccc(-c3cccc(-c4cccc(Nc5nc(C(F)F)nc6cc(Br)cnc56)c4C)c3Cl)nc2OC)CC1. The van der Waals surface area contributed by atoms with E-state index in [1.54, 1.807) is 19.4 Å². The molecule has 6 rings (SSSR count). The number of fused-ring (bicyclic) bond motifs is 1. The number of hydrogen-bond donors (Lipinski definition) is 1. The van der Waals surface area contributed by atoms with E-state index >= 15 is 0 Å². The van der Waals surface area contributed by atoms with Crippen LogP contribution in [0.1, 0.15) is 36.2 Å². The van der Waals surface area contributed by atoms with E-state index in [9.17, 15) is 13.6 Å². The number of alkyl halides is 2. The summed E-state index contributed by atoms with van der Waals surface area (Å²) >= 11 is 10.4. The Balaban J connectivity index is 1.28. The van der Waals surface area contributed by atoms with Crippen LogP contribution < -0.4 is 10.1 Å². The summed E-state index contributed by atoms with van der Waals surface area (Å²) in [6.07, 6.45) is 0.216. The maximum Gasteiger partial charge on any atom is 0.308 e. The van der Waals surface area contributed by atoms with Gasteiger partial charge in [0.1, 0.15) is 5.52 Å². The number of carbonyl (C=O) groups excluding carboxylic acids is 1. The number of aromatic nitrogens is 4. The van der Waals surface area contributed by atoms with Crippen LogP contribution in [-0.2, 0) is 16.1 Å². The van der Waals surface area contributed by atoms with Gasteiger partial charge in [0.05, 0.1) is 36.4 Å². The molecule has 0 aliphatic carbocycles. The van der Waals surface area contributed by atoms with Crippen molar-refractivity contribution in [3.63, 3.8) is 0 Å². The molecule has 0 saturated carbocycles. The zero-order chi connectivity index (χ0) is 33.9. The van der Waals surface area contributed by atoms with E-state index < -0.39 is 12.2 Å². The molecule has 1 aliphatic rings. The van der Waals surface area contributed by atoms with Gasteiger partial charge in [-0.25, -0.2) is 28.7 Å². The molecule has 0 bridgehead atoms. The third-order valence-corrected chi connectivity index (χ3v) is 9.36. The first-order valence-electron chi connectivity index (χ1n) is 15.3. The molecule has 0 unspecified atom stereocenters. The molecule has 13 heteroatoms. The van der Waals surface area contributed by atoms with Gasteiger partial charge in [-0.15, -0.1) is 0 Å². The number of carbonyl (C=O) groups is 1. The van der Waals surface area contributed by atoms with Crippen LogP contribution in [0.2, 0.25) is 5.02 Å². The first-order chi connectivity index (χ1) is 23.2. The number of likely N-dealkylation sites (tertiary alicyclic amines) is 1. The molecule has 5 aromatic rings. The van der Waals surface area contributed by atoms with Gasteiger partial charge in [0.2, 0.25) is 5.88 Å². The number of piperidine rings is 1. The Hall–Kier alpha value is -4.26. The van der Waals surface area contributed by atoms with Gasteiger partial charge in [0.25, 0.3) is 6.43 Å². The molecule has 0 amide bonds. The fourth-order valence-corrected chi connectivity index (χ4v) is 6.62. The highest BCUT2D eigenvalue weighted by atomic mass is 79.9. The smallest absolute Gasteiger partial charge is 0.308 e. The summed E-state index contributed by atoms with van der Waals surface area (Å²) < 4.78 is 38.6. The second-order valence-electron chi connectivity index (χ2n) is 11.5. The Bertz CT molecular complexity index is 1990. The molecule has 48 heavy (non-hydrogen) atoms. The minimum absolute atomic E-state index is 0.0617. The van der Waals surface area contributed by atoms with E-state index in [0.29, 0.717) is 44.3 Å². The van der Waals surface area contributed by atoms with Crippen molar-refractivity contribution in [1.82, 2.24) is 24.8 Å². The predicted octanol–water partition coefficient (Wildman–Crippen LogP) is 8.55. The topological polar surface area (TPSA) is 102 Å². The number of esters is 1. The van der Waals surface area contributed by atoms with Crippen LogP contribution in [0.4, 0.5) is 20.3 Å². The van der Waals surface area contributed by atoms with Gasteiger partial charge in [-0.05, 0) is 78.1 Å². The largest absolute Gasteiger partial charge is 0.481 e. The first kappa shape index (κ1) is 33.6. The second-order valence-corrected chi connectivity index (χ2v) is 12.8. The number of rotatable bonds is 9. The van der Waals surface area contributed by atoms with Crippen molar-refractivity contribution in [2.45, 2.75) is 32.7 Å². The summed E-state index contributed by atoms with van der Waals surface area (Å²) in [6.45, 7) is 4.12. The molecule has 1 saturated heterocycles. The summed E-state index contributed by atoms with van der Waals surface area (Å²) in [5, 5.41) is 3.71. The van der Waals surface area contributed by atoms with Crippen LogP contribution in [-0.4, -0.2) is 58.1 Å². The molecular formula is C35H32BrClF2N6O3. The van der Waals surface area contributed by atoms with Crippen molar-refractivity contribution in [3.8, 4) is 28.3 Å². The summed E-state index contributed by atoms with van der Waals surface area (Å²) in [7, 11) is 3.03. The molecule has 3 aromatic heterocycles. The van der Waals surface area contributed by atoms with Gasteiger partial charge in [-0.3, -0.25) is 9.69 Å². The fraction of sp³-hybridized carbons (Fsp3) is 0.286. The minimum atomic E-state index is -2.85. The molecule has 0 radical (unpaired) electrons. The van der Waals surface area contributed by atoms with E-state index in [1.165, 1.54) is 7.11 Å². The lowest BCUT2D eigenvalue weighted by Crippen LogP contribution is -2.36. The second kappa shape index (κ2) is 14.5. The number of nitrogens with one attached hydrogen (secondary N) is 1. The lowest BCUT2D eigenvalue weighted by Gasteiger charge is -2.30. The highest BCUT2D eigenvalue weighted by Crippen LogP contribution is 2.40. The highest BCUT2D eigenvalue weighted by Gasteiger charge is 2.26. The van der Waals surface area contributed by atoms with E-state index in [0.717, 1.165) is 53.7 Å². The number of benzene rings is 2. The van der Waals surface area contributed by atoms with Gasteiger partial charge >= 0.3 is 5.97 Å². The number of hydrogen-bond acceptors (Lipinski definition) is 9. The van der Waals surface area contributed by atoms with Crippen molar-refractivity contribution < 1.29 is 23.0 Å². The van der Waals surface area contributed by atoms with Gasteiger partial charge in [-0.1, -0.05) is 48.0 Å². The van der Waals surface area contributed by atoms with Crippen molar-refractivity contribution in [1.29, 1.82) is 0 Å². The monoisotopic (exact) mass is 736 g/mol. The Labute approximate surface area is 289 Å². The molecule has 1 fully saturated rings. The minimum Gasteiger partial charge on any atom is -0.481 e. The molecular weight excluding hydrogens is 706 g/mol. The van der Waals surface area contributed by atoms with Crippen LogP contribution in [0, 0.1) is 12.8 Å². The molecule has 9 nitrogen and oxygen atoms in total. The third-order valence-electron chi connectivity index (χ3n) is 8.52. The Kier molecular flexibility index (Phi) is 10.1. The summed E-state index contributed by atoms with van der Waals surface area (Å²) in [5.74, 6) is -0.122. The van der Waals surface area contributed by atoms with Crippen molar-refractivity contribution in [2.75, 3.05) is 32.6 Å². The van der Waals surface area contributed by atoms with Gasteiger partial charge in [-0.2, -0.15) is 0 Å². The molecule has 0 atom stereocenters.